The molecule has 1 aliphatic rings. The van der Waals surface area contributed by atoms with Gasteiger partial charge in [-0.25, -0.2) is 0 Å². The van der Waals surface area contributed by atoms with Crippen molar-refractivity contribution < 1.29 is 4.79 Å². The molecule has 4 heteroatoms. The van der Waals surface area contributed by atoms with Gasteiger partial charge in [-0.3, -0.25) is 9.69 Å². The normalized spacial score (nSPS) is 15.5. The van der Waals surface area contributed by atoms with E-state index in [1.54, 1.807) is 12.1 Å². The van der Waals surface area contributed by atoms with Crippen LogP contribution in [0, 0.1) is 0 Å². The fourth-order valence-electron chi connectivity index (χ4n) is 3.21. The number of piperazine rings is 1. The summed E-state index contributed by atoms with van der Waals surface area (Å²) in [5.41, 5.74) is 9.91. The standard InChI is InChI=1S/C20H25N3O/c1-2-16-5-3-4-6-18(16)15-22-11-13-23(14-12-22)20(24)17-7-9-19(21)10-8-17/h3-10H,2,11-15,21H2,1H3. The molecule has 0 radical (unpaired) electrons. The van der Waals surface area contributed by atoms with Crippen LogP contribution in [-0.2, 0) is 13.0 Å². The van der Waals surface area contributed by atoms with Gasteiger partial charge in [0.2, 0.25) is 0 Å². The summed E-state index contributed by atoms with van der Waals surface area (Å²) >= 11 is 0. The average Bonchev–Trinajstić information content (AvgIpc) is 2.63. The second kappa shape index (κ2) is 7.49. The number of nitrogen functional groups attached to an aromatic ring is 1. The van der Waals surface area contributed by atoms with E-state index in [1.165, 1.54) is 11.1 Å². The number of aryl methyl sites for hydroxylation is 1. The smallest absolute Gasteiger partial charge is 0.253 e. The maximum Gasteiger partial charge on any atom is 0.253 e. The van der Waals surface area contributed by atoms with Gasteiger partial charge >= 0.3 is 0 Å². The van der Waals surface area contributed by atoms with E-state index in [0.717, 1.165) is 39.1 Å². The van der Waals surface area contributed by atoms with Gasteiger partial charge in [0.1, 0.15) is 0 Å². The highest BCUT2D eigenvalue weighted by atomic mass is 16.2. The number of nitrogens with zero attached hydrogens (tertiary/aromatic N) is 2. The molecule has 2 aromatic rings. The number of carbonyl (C=O) groups excluding carboxylic acids is 1. The van der Waals surface area contributed by atoms with E-state index in [1.807, 2.05) is 17.0 Å². The fraction of sp³-hybridized carbons (Fsp3) is 0.350. The van der Waals surface area contributed by atoms with Crippen molar-refractivity contribution >= 4 is 11.6 Å². The van der Waals surface area contributed by atoms with Gasteiger partial charge in [-0.1, -0.05) is 31.2 Å². The summed E-state index contributed by atoms with van der Waals surface area (Å²) in [5, 5.41) is 0. The maximum absolute atomic E-state index is 12.5. The van der Waals surface area contributed by atoms with Crippen molar-refractivity contribution in [2.24, 2.45) is 0 Å². The molecule has 2 aromatic carbocycles. The topological polar surface area (TPSA) is 49.6 Å². The fourth-order valence-corrected chi connectivity index (χ4v) is 3.21. The predicted molar refractivity (Wildman–Crippen MR) is 97.9 cm³/mol. The molecular weight excluding hydrogens is 298 g/mol. The van der Waals surface area contributed by atoms with Crippen molar-refractivity contribution in [2.75, 3.05) is 31.9 Å². The van der Waals surface area contributed by atoms with Gasteiger partial charge in [-0.2, -0.15) is 0 Å². The third-order valence-corrected chi connectivity index (χ3v) is 4.71. The van der Waals surface area contributed by atoms with Crippen molar-refractivity contribution in [1.29, 1.82) is 0 Å². The molecule has 1 fully saturated rings. The van der Waals surface area contributed by atoms with Crippen LogP contribution in [0.25, 0.3) is 0 Å². The van der Waals surface area contributed by atoms with Crippen molar-refractivity contribution in [3.05, 3.63) is 65.2 Å². The van der Waals surface area contributed by atoms with E-state index >= 15 is 0 Å². The maximum atomic E-state index is 12.5. The molecule has 1 amide bonds. The van der Waals surface area contributed by atoms with Gasteiger partial charge < -0.3 is 10.6 Å². The largest absolute Gasteiger partial charge is 0.399 e. The number of hydrogen-bond acceptors (Lipinski definition) is 3. The predicted octanol–water partition coefficient (Wildman–Crippen LogP) is 2.79. The zero-order valence-electron chi connectivity index (χ0n) is 14.2. The van der Waals surface area contributed by atoms with Gasteiger partial charge in [-0.05, 0) is 41.8 Å². The lowest BCUT2D eigenvalue weighted by molar-refractivity contribution is 0.0628. The van der Waals surface area contributed by atoms with Crippen LogP contribution >= 0.6 is 0 Å². The Kier molecular flexibility index (Phi) is 5.16. The van der Waals surface area contributed by atoms with E-state index < -0.39 is 0 Å². The molecule has 24 heavy (non-hydrogen) atoms. The second-order valence-electron chi connectivity index (χ2n) is 6.31. The SMILES string of the molecule is CCc1ccccc1CN1CCN(C(=O)c2ccc(N)cc2)CC1. The Morgan fingerprint density at radius 2 is 1.58 bits per heavy atom. The summed E-state index contributed by atoms with van der Waals surface area (Å²) < 4.78 is 0. The van der Waals surface area contributed by atoms with Crippen molar-refractivity contribution in [3.63, 3.8) is 0 Å². The number of nitrogens with two attached hydrogens (primary N) is 1. The van der Waals surface area contributed by atoms with Crippen LogP contribution in [0.2, 0.25) is 0 Å². The van der Waals surface area contributed by atoms with Crippen LogP contribution in [0.5, 0.6) is 0 Å². The molecule has 2 N–H and O–H groups in total. The Bertz CT molecular complexity index is 688. The Morgan fingerprint density at radius 3 is 2.21 bits per heavy atom. The highest BCUT2D eigenvalue weighted by Crippen LogP contribution is 2.15. The molecule has 0 aromatic heterocycles. The molecule has 0 unspecified atom stereocenters. The third-order valence-electron chi connectivity index (χ3n) is 4.71. The Labute approximate surface area is 143 Å². The highest BCUT2D eigenvalue weighted by Gasteiger charge is 2.22. The molecule has 0 spiro atoms. The number of rotatable bonds is 4. The first-order valence-corrected chi connectivity index (χ1v) is 8.61. The summed E-state index contributed by atoms with van der Waals surface area (Å²) in [6, 6.07) is 15.8. The third kappa shape index (κ3) is 3.77. The van der Waals surface area contributed by atoms with Gasteiger partial charge in [0.15, 0.2) is 0 Å². The first-order valence-electron chi connectivity index (χ1n) is 8.61. The molecule has 0 saturated carbocycles. The second-order valence-corrected chi connectivity index (χ2v) is 6.31. The Hall–Kier alpha value is -2.33. The zero-order chi connectivity index (χ0) is 16.9. The van der Waals surface area contributed by atoms with Crippen molar-refractivity contribution in [1.82, 2.24) is 9.80 Å². The lowest BCUT2D eigenvalue weighted by Gasteiger charge is -2.35. The summed E-state index contributed by atoms with van der Waals surface area (Å²) in [6.45, 7) is 6.54. The van der Waals surface area contributed by atoms with E-state index in [0.29, 0.717) is 11.3 Å². The van der Waals surface area contributed by atoms with E-state index in [9.17, 15) is 4.79 Å². The monoisotopic (exact) mass is 323 g/mol. The number of anilines is 1. The first kappa shape index (κ1) is 16.5. The minimum Gasteiger partial charge on any atom is -0.399 e. The summed E-state index contributed by atoms with van der Waals surface area (Å²) in [4.78, 5) is 16.9. The molecule has 3 rings (SSSR count). The molecule has 4 nitrogen and oxygen atoms in total. The lowest BCUT2D eigenvalue weighted by atomic mass is 10.0. The zero-order valence-corrected chi connectivity index (χ0v) is 14.2. The molecule has 0 bridgehead atoms. The van der Waals surface area contributed by atoms with Gasteiger partial charge in [0, 0.05) is 44.0 Å². The van der Waals surface area contributed by atoms with Gasteiger partial charge in [0.25, 0.3) is 5.91 Å². The van der Waals surface area contributed by atoms with E-state index in [4.69, 9.17) is 5.73 Å². The molecule has 1 aliphatic heterocycles. The lowest BCUT2D eigenvalue weighted by Crippen LogP contribution is -2.48. The van der Waals surface area contributed by atoms with Crippen LogP contribution in [0.3, 0.4) is 0 Å². The molecule has 0 aliphatic carbocycles. The van der Waals surface area contributed by atoms with Crippen LogP contribution < -0.4 is 5.73 Å². The number of amides is 1. The Balaban J connectivity index is 1.57. The molecule has 0 atom stereocenters. The minimum atomic E-state index is 0.101. The van der Waals surface area contributed by atoms with Crippen LogP contribution in [0.4, 0.5) is 5.69 Å². The first-order chi connectivity index (χ1) is 11.7. The van der Waals surface area contributed by atoms with Crippen LogP contribution in [0.15, 0.2) is 48.5 Å². The molecule has 1 heterocycles. The summed E-state index contributed by atoms with van der Waals surface area (Å²) in [6.07, 6.45) is 1.06. The molecule has 1 saturated heterocycles. The molecular formula is C20H25N3O. The quantitative estimate of drug-likeness (QED) is 0.880. The number of hydrogen-bond donors (Lipinski definition) is 1. The van der Waals surface area contributed by atoms with E-state index in [2.05, 4.69) is 36.1 Å². The number of benzene rings is 2. The minimum absolute atomic E-state index is 0.101. The Morgan fingerprint density at radius 1 is 0.958 bits per heavy atom. The van der Waals surface area contributed by atoms with Crippen molar-refractivity contribution in [3.8, 4) is 0 Å². The van der Waals surface area contributed by atoms with Crippen LogP contribution in [-0.4, -0.2) is 41.9 Å². The van der Waals surface area contributed by atoms with Crippen LogP contribution in [0.1, 0.15) is 28.4 Å². The molecule has 126 valence electrons. The average molecular weight is 323 g/mol. The summed E-state index contributed by atoms with van der Waals surface area (Å²) in [5.74, 6) is 0.101. The number of carbonyl (C=O) groups is 1. The highest BCUT2D eigenvalue weighted by molar-refractivity contribution is 5.94. The van der Waals surface area contributed by atoms with Gasteiger partial charge in [0.05, 0.1) is 0 Å². The summed E-state index contributed by atoms with van der Waals surface area (Å²) in [7, 11) is 0. The van der Waals surface area contributed by atoms with Gasteiger partial charge in [-0.15, -0.1) is 0 Å². The van der Waals surface area contributed by atoms with Crippen molar-refractivity contribution in [2.45, 2.75) is 19.9 Å². The van der Waals surface area contributed by atoms with E-state index in [-0.39, 0.29) is 5.91 Å².